The SMILES string of the molecule is COC(=O)c1ccc2ccccc2c1O[C@@H]1O[C@@H](COC(C)=O)[C@@H](OC(C)=O)[C@@H](OC(C)=O)[C@H]1NC(C)=O. The van der Waals surface area contributed by atoms with E-state index in [1.54, 1.807) is 30.3 Å². The molecule has 1 fully saturated rings. The molecule has 0 aliphatic carbocycles. The molecule has 3 rings (SSSR count). The largest absolute Gasteiger partial charge is 0.465 e. The first-order chi connectivity index (χ1) is 18.0. The predicted molar refractivity (Wildman–Crippen MR) is 130 cm³/mol. The van der Waals surface area contributed by atoms with Gasteiger partial charge in [-0.15, -0.1) is 0 Å². The van der Waals surface area contributed by atoms with Gasteiger partial charge in [0.25, 0.3) is 0 Å². The van der Waals surface area contributed by atoms with Crippen LogP contribution in [0.5, 0.6) is 5.75 Å². The van der Waals surface area contributed by atoms with E-state index in [4.69, 9.17) is 28.4 Å². The molecule has 1 aliphatic heterocycles. The van der Waals surface area contributed by atoms with E-state index < -0.39 is 67.0 Å². The summed E-state index contributed by atoms with van der Waals surface area (Å²) in [5.41, 5.74) is 0.0686. The molecular weight excluding hydrogens is 502 g/mol. The number of fused-ring (bicyclic) bond motifs is 1. The van der Waals surface area contributed by atoms with E-state index in [9.17, 15) is 24.0 Å². The van der Waals surface area contributed by atoms with Crippen LogP contribution < -0.4 is 10.1 Å². The molecule has 12 nitrogen and oxygen atoms in total. The lowest BCUT2D eigenvalue weighted by atomic mass is 9.95. The van der Waals surface area contributed by atoms with Crippen LogP contribution in [0.25, 0.3) is 10.8 Å². The van der Waals surface area contributed by atoms with Gasteiger partial charge in [0, 0.05) is 33.1 Å². The van der Waals surface area contributed by atoms with Crippen molar-refractivity contribution >= 4 is 40.6 Å². The van der Waals surface area contributed by atoms with Crippen LogP contribution in [-0.4, -0.2) is 74.1 Å². The van der Waals surface area contributed by atoms with Crippen LogP contribution in [0.4, 0.5) is 0 Å². The summed E-state index contributed by atoms with van der Waals surface area (Å²) in [6, 6.07) is 9.08. The molecule has 0 saturated carbocycles. The van der Waals surface area contributed by atoms with Crippen LogP contribution in [0.3, 0.4) is 0 Å². The molecule has 0 bridgehead atoms. The van der Waals surface area contributed by atoms with Crippen LogP contribution >= 0.6 is 0 Å². The van der Waals surface area contributed by atoms with Crippen molar-refractivity contribution in [3.63, 3.8) is 0 Å². The van der Waals surface area contributed by atoms with Crippen LogP contribution in [0, 0.1) is 0 Å². The van der Waals surface area contributed by atoms with Crippen molar-refractivity contribution in [2.24, 2.45) is 0 Å². The second kappa shape index (κ2) is 12.4. The molecule has 1 aliphatic rings. The molecule has 204 valence electrons. The number of amides is 1. The molecule has 0 spiro atoms. The van der Waals surface area contributed by atoms with Gasteiger partial charge in [-0.3, -0.25) is 19.2 Å². The highest BCUT2D eigenvalue weighted by molar-refractivity contribution is 6.01. The van der Waals surface area contributed by atoms with Gasteiger partial charge in [-0.1, -0.05) is 30.3 Å². The third-order valence-corrected chi connectivity index (χ3v) is 5.59. The Hall–Kier alpha value is -4.19. The first-order valence-electron chi connectivity index (χ1n) is 11.7. The second-order valence-electron chi connectivity index (χ2n) is 8.49. The fraction of sp³-hybridized carbons (Fsp3) is 0.423. The van der Waals surface area contributed by atoms with Gasteiger partial charge in [0.2, 0.25) is 12.2 Å². The van der Waals surface area contributed by atoms with Crippen LogP contribution in [-0.2, 0) is 42.9 Å². The minimum absolute atomic E-state index is 0.0686. The number of rotatable bonds is 8. The van der Waals surface area contributed by atoms with Crippen LogP contribution in [0.15, 0.2) is 36.4 Å². The van der Waals surface area contributed by atoms with E-state index in [1.165, 1.54) is 27.0 Å². The molecule has 0 unspecified atom stereocenters. The van der Waals surface area contributed by atoms with Gasteiger partial charge in [0.1, 0.15) is 30.1 Å². The summed E-state index contributed by atoms with van der Waals surface area (Å²) in [6.07, 6.45) is -5.15. The molecule has 12 heteroatoms. The summed E-state index contributed by atoms with van der Waals surface area (Å²) in [5.74, 6) is -3.25. The van der Waals surface area contributed by atoms with Gasteiger partial charge in [-0.25, -0.2) is 4.79 Å². The standard InChI is InChI=1S/C26H29NO11/c1-13(28)27-21-24(36-16(4)31)23(35-15(3)30)20(12-34-14(2)29)37-26(21)38-22-18-9-7-6-8-17(18)10-11-19(22)25(32)33-5/h6-11,20-21,23-24,26H,12H2,1-5H3,(H,27,28)/t20-,21+,23+,24-,26-/m0/s1. The van der Waals surface area contributed by atoms with Gasteiger partial charge in [-0.2, -0.15) is 0 Å². The average molecular weight is 532 g/mol. The van der Waals surface area contributed by atoms with E-state index in [2.05, 4.69) is 5.32 Å². The summed E-state index contributed by atoms with van der Waals surface area (Å²) < 4.78 is 33.2. The maximum atomic E-state index is 12.6. The summed E-state index contributed by atoms with van der Waals surface area (Å²) in [7, 11) is 1.22. The molecule has 38 heavy (non-hydrogen) atoms. The van der Waals surface area contributed by atoms with Crippen molar-refractivity contribution in [3.05, 3.63) is 42.0 Å². The monoisotopic (exact) mass is 531 g/mol. The highest BCUT2D eigenvalue weighted by Crippen LogP contribution is 2.35. The molecule has 0 radical (unpaired) electrons. The summed E-state index contributed by atoms with van der Waals surface area (Å²) in [4.78, 5) is 60.3. The fourth-order valence-electron chi connectivity index (χ4n) is 4.15. The Labute approximate surface area is 218 Å². The van der Waals surface area contributed by atoms with Gasteiger partial charge in [0.15, 0.2) is 12.2 Å². The minimum Gasteiger partial charge on any atom is -0.465 e. The molecule has 1 heterocycles. The summed E-state index contributed by atoms with van der Waals surface area (Å²) in [5, 5.41) is 3.89. The van der Waals surface area contributed by atoms with Crippen molar-refractivity contribution in [3.8, 4) is 5.75 Å². The maximum absolute atomic E-state index is 12.6. The van der Waals surface area contributed by atoms with Crippen molar-refractivity contribution in [1.29, 1.82) is 0 Å². The smallest absolute Gasteiger partial charge is 0.341 e. The van der Waals surface area contributed by atoms with Crippen molar-refractivity contribution < 1.29 is 52.4 Å². The normalized spacial score (nSPS) is 22.6. The Morgan fingerprint density at radius 2 is 1.53 bits per heavy atom. The van der Waals surface area contributed by atoms with E-state index in [1.807, 2.05) is 0 Å². The van der Waals surface area contributed by atoms with Crippen molar-refractivity contribution in [2.75, 3.05) is 13.7 Å². The Balaban J connectivity index is 2.15. The molecule has 2 aromatic carbocycles. The first-order valence-corrected chi connectivity index (χ1v) is 11.7. The highest BCUT2D eigenvalue weighted by atomic mass is 16.7. The average Bonchev–Trinajstić information content (AvgIpc) is 2.85. The molecular formula is C26H29NO11. The second-order valence-corrected chi connectivity index (χ2v) is 8.49. The fourth-order valence-corrected chi connectivity index (χ4v) is 4.15. The Bertz CT molecular complexity index is 1230. The Morgan fingerprint density at radius 3 is 2.13 bits per heavy atom. The van der Waals surface area contributed by atoms with Crippen molar-refractivity contribution in [2.45, 2.75) is 58.3 Å². The zero-order chi connectivity index (χ0) is 28.0. The number of ether oxygens (including phenoxy) is 6. The molecule has 1 amide bonds. The topological polar surface area (TPSA) is 153 Å². The number of esters is 4. The number of benzene rings is 2. The van der Waals surface area contributed by atoms with Gasteiger partial charge < -0.3 is 33.7 Å². The quantitative estimate of drug-likeness (QED) is 0.391. The number of hydrogen-bond donors (Lipinski definition) is 1. The number of carbonyl (C=O) groups is 5. The third kappa shape index (κ3) is 6.76. The maximum Gasteiger partial charge on any atom is 0.341 e. The van der Waals surface area contributed by atoms with E-state index in [-0.39, 0.29) is 11.3 Å². The number of hydrogen-bond acceptors (Lipinski definition) is 11. The lowest BCUT2D eigenvalue weighted by molar-refractivity contribution is -0.257. The van der Waals surface area contributed by atoms with Gasteiger partial charge >= 0.3 is 23.9 Å². The lowest BCUT2D eigenvalue weighted by Crippen LogP contribution is -2.67. The number of methoxy groups -OCH3 is 1. The predicted octanol–water partition coefficient (Wildman–Crippen LogP) is 1.66. The molecule has 5 atom stereocenters. The molecule has 0 aromatic heterocycles. The first kappa shape index (κ1) is 28.4. The highest BCUT2D eigenvalue weighted by Gasteiger charge is 2.52. The third-order valence-electron chi connectivity index (χ3n) is 5.59. The zero-order valence-corrected chi connectivity index (χ0v) is 21.5. The zero-order valence-electron chi connectivity index (χ0n) is 21.5. The Morgan fingerprint density at radius 1 is 0.868 bits per heavy atom. The Kier molecular flexibility index (Phi) is 9.24. The number of nitrogens with one attached hydrogen (secondary N) is 1. The lowest BCUT2D eigenvalue weighted by Gasteiger charge is -2.45. The van der Waals surface area contributed by atoms with E-state index >= 15 is 0 Å². The minimum atomic E-state index is -1.40. The van der Waals surface area contributed by atoms with E-state index in [0.717, 1.165) is 19.2 Å². The molecule has 1 saturated heterocycles. The number of carbonyl (C=O) groups excluding carboxylic acids is 5. The van der Waals surface area contributed by atoms with Crippen LogP contribution in [0.2, 0.25) is 0 Å². The van der Waals surface area contributed by atoms with Crippen LogP contribution in [0.1, 0.15) is 38.1 Å². The van der Waals surface area contributed by atoms with Gasteiger partial charge in [0.05, 0.1) is 7.11 Å². The molecule has 2 aromatic rings. The summed E-state index contributed by atoms with van der Waals surface area (Å²) >= 11 is 0. The van der Waals surface area contributed by atoms with Gasteiger partial charge in [-0.05, 0) is 11.5 Å². The van der Waals surface area contributed by atoms with Crippen molar-refractivity contribution in [1.82, 2.24) is 5.32 Å². The summed E-state index contributed by atoms with van der Waals surface area (Å²) in [6.45, 7) is 4.30. The van der Waals surface area contributed by atoms with E-state index in [0.29, 0.717) is 5.39 Å². The molecule has 1 N–H and O–H groups in total.